The number of fused-ring (bicyclic) bond motifs is 1. The van der Waals surface area contributed by atoms with Gasteiger partial charge in [-0.25, -0.2) is 23.7 Å². The van der Waals surface area contributed by atoms with Crippen molar-refractivity contribution in [1.29, 1.82) is 0 Å². The number of halogens is 2. The van der Waals surface area contributed by atoms with Crippen LogP contribution in [0.25, 0.3) is 11.0 Å². The molecule has 0 unspecified atom stereocenters. The summed E-state index contributed by atoms with van der Waals surface area (Å²) >= 11 is 0. The van der Waals surface area contributed by atoms with Crippen molar-refractivity contribution in [2.45, 2.75) is 58.1 Å². The van der Waals surface area contributed by atoms with Gasteiger partial charge in [-0.3, -0.25) is 4.79 Å². The molecule has 0 aliphatic carbocycles. The standard InChI is InChI=1S/C27H33F2N5O3/c1-16-19(7-6-8-21(16)26(4,28)29)17(2)32-24-20-13-22(18(3)33-25(20)31-15-30-24)27(37-5)9-11-34(12-10-27)23(36)14-35/h6-8,13,15,17,35H,9-12,14H2,1-5H3,(H,30,31,32,33)/t17-/m1/s1. The number of pyridine rings is 1. The van der Waals surface area contributed by atoms with Gasteiger partial charge in [0.05, 0.1) is 17.0 Å². The number of likely N-dealkylation sites (tertiary alicyclic amines) is 1. The van der Waals surface area contributed by atoms with Crippen molar-refractivity contribution in [3.63, 3.8) is 0 Å². The predicted octanol–water partition coefficient (Wildman–Crippen LogP) is 4.38. The monoisotopic (exact) mass is 513 g/mol. The molecule has 1 aliphatic rings. The molecule has 2 aromatic heterocycles. The van der Waals surface area contributed by atoms with E-state index in [1.54, 1.807) is 25.0 Å². The first-order chi connectivity index (χ1) is 17.5. The smallest absolute Gasteiger partial charge is 0.270 e. The van der Waals surface area contributed by atoms with Crippen molar-refractivity contribution in [1.82, 2.24) is 19.9 Å². The lowest BCUT2D eigenvalue weighted by Crippen LogP contribution is -2.47. The van der Waals surface area contributed by atoms with Gasteiger partial charge in [0, 0.05) is 43.9 Å². The number of carbonyl (C=O) groups is 1. The lowest BCUT2D eigenvalue weighted by atomic mass is 9.82. The topological polar surface area (TPSA) is 100 Å². The molecule has 1 amide bonds. The maximum absolute atomic E-state index is 14.1. The number of ether oxygens (including phenoxy) is 1. The molecule has 4 rings (SSSR count). The van der Waals surface area contributed by atoms with E-state index in [1.165, 1.54) is 12.4 Å². The number of rotatable bonds is 7. The maximum Gasteiger partial charge on any atom is 0.270 e. The van der Waals surface area contributed by atoms with Crippen LogP contribution in [0.5, 0.6) is 0 Å². The van der Waals surface area contributed by atoms with Gasteiger partial charge in [0.2, 0.25) is 5.91 Å². The minimum atomic E-state index is -2.94. The number of anilines is 1. The Bertz CT molecular complexity index is 1300. The predicted molar refractivity (Wildman–Crippen MR) is 136 cm³/mol. The molecule has 3 heterocycles. The van der Waals surface area contributed by atoms with Gasteiger partial charge in [-0.2, -0.15) is 0 Å². The summed E-state index contributed by atoms with van der Waals surface area (Å²) in [5.74, 6) is -2.70. The number of aromatic nitrogens is 3. The summed E-state index contributed by atoms with van der Waals surface area (Å²) < 4.78 is 34.3. The largest absolute Gasteiger partial charge is 0.387 e. The van der Waals surface area contributed by atoms with E-state index < -0.39 is 18.1 Å². The number of aryl methyl sites for hydroxylation is 1. The molecular weight excluding hydrogens is 480 g/mol. The van der Waals surface area contributed by atoms with E-state index in [0.717, 1.165) is 23.7 Å². The maximum atomic E-state index is 14.1. The quantitative estimate of drug-likeness (QED) is 0.484. The summed E-state index contributed by atoms with van der Waals surface area (Å²) in [4.78, 5) is 27.1. The first kappa shape index (κ1) is 26.8. The van der Waals surface area contributed by atoms with Crippen LogP contribution in [0.1, 0.15) is 60.7 Å². The third-order valence-corrected chi connectivity index (χ3v) is 7.42. The Morgan fingerprint density at radius 3 is 2.59 bits per heavy atom. The number of hydrogen-bond acceptors (Lipinski definition) is 7. The molecule has 0 radical (unpaired) electrons. The first-order valence-electron chi connectivity index (χ1n) is 12.3. The van der Waals surface area contributed by atoms with E-state index in [2.05, 4.69) is 15.3 Å². The van der Waals surface area contributed by atoms with Crippen molar-refractivity contribution in [2.24, 2.45) is 0 Å². The molecule has 10 heteroatoms. The molecule has 3 aromatic rings. The molecule has 0 spiro atoms. The normalized spacial score (nSPS) is 16.6. The highest BCUT2D eigenvalue weighted by Gasteiger charge is 2.39. The number of alkyl halides is 2. The fourth-order valence-corrected chi connectivity index (χ4v) is 5.33. The van der Waals surface area contributed by atoms with Crippen LogP contribution in [0.3, 0.4) is 0 Å². The highest BCUT2D eigenvalue weighted by molar-refractivity contribution is 5.87. The lowest BCUT2D eigenvalue weighted by Gasteiger charge is -2.41. The van der Waals surface area contributed by atoms with E-state index in [9.17, 15) is 18.7 Å². The summed E-state index contributed by atoms with van der Waals surface area (Å²) in [6.45, 7) is 6.81. The van der Waals surface area contributed by atoms with Gasteiger partial charge < -0.3 is 20.1 Å². The number of nitrogens with zero attached hydrogens (tertiary/aromatic N) is 4. The van der Waals surface area contributed by atoms with Crippen molar-refractivity contribution in [2.75, 3.05) is 32.1 Å². The van der Waals surface area contributed by atoms with Gasteiger partial charge in [0.1, 0.15) is 18.8 Å². The highest BCUT2D eigenvalue weighted by atomic mass is 19.3. The van der Waals surface area contributed by atoms with Crippen LogP contribution < -0.4 is 5.32 Å². The zero-order chi connectivity index (χ0) is 27.0. The van der Waals surface area contributed by atoms with E-state index in [1.807, 2.05) is 26.0 Å². The second kappa shape index (κ2) is 10.3. The molecule has 1 aliphatic heterocycles. The first-order valence-corrected chi connectivity index (χ1v) is 12.3. The SMILES string of the molecule is COC1(c2cc3c(N[C@H](C)c4cccc(C(C)(F)F)c4C)ncnc3nc2C)CCN(C(=O)CO)CC1. The summed E-state index contributed by atoms with van der Waals surface area (Å²) in [6.07, 6.45) is 2.53. The van der Waals surface area contributed by atoms with Crippen LogP contribution in [0, 0.1) is 13.8 Å². The summed E-state index contributed by atoms with van der Waals surface area (Å²) in [5.41, 5.74) is 2.78. The number of methoxy groups -OCH3 is 1. The number of aliphatic hydroxyl groups is 1. The molecule has 0 bridgehead atoms. The van der Waals surface area contributed by atoms with Crippen LogP contribution in [0.15, 0.2) is 30.6 Å². The molecular formula is C27H33F2N5O3. The van der Waals surface area contributed by atoms with Crippen LogP contribution in [-0.2, 0) is 21.1 Å². The Morgan fingerprint density at radius 1 is 1.27 bits per heavy atom. The third kappa shape index (κ3) is 5.13. The molecule has 8 nitrogen and oxygen atoms in total. The summed E-state index contributed by atoms with van der Waals surface area (Å²) in [7, 11) is 1.65. The highest BCUT2D eigenvalue weighted by Crippen LogP contribution is 2.40. The molecule has 0 saturated carbocycles. The molecule has 1 atom stereocenters. The van der Waals surface area contributed by atoms with Gasteiger partial charge in [0.25, 0.3) is 5.92 Å². The van der Waals surface area contributed by atoms with Gasteiger partial charge in [0.15, 0.2) is 5.65 Å². The van der Waals surface area contributed by atoms with Gasteiger partial charge >= 0.3 is 0 Å². The molecule has 198 valence electrons. The second-order valence-corrected chi connectivity index (χ2v) is 9.73. The van der Waals surface area contributed by atoms with Gasteiger partial charge in [-0.1, -0.05) is 18.2 Å². The Kier molecular flexibility index (Phi) is 7.43. The van der Waals surface area contributed by atoms with Gasteiger partial charge in [-0.15, -0.1) is 0 Å². The third-order valence-electron chi connectivity index (χ3n) is 7.42. The van der Waals surface area contributed by atoms with Crippen LogP contribution in [0.4, 0.5) is 14.6 Å². The Labute approximate surface area is 215 Å². The van der Waals surface area contributed by atoms with E-state index in [0.29, 0.717) is 48.3 Å². The summed E-state index contributed by atoms with van der Waals surface area (Å²) in [6, 6.07) is 6.59. The van der Waals surface area contributed by atoms with Crippen molar-refractivity contribution < 1.29 is 23.4 Å². The van der Waals surface area contributed by atoms with E-state index in [4.69, 9.17) is 9.72 Å². The summed E-state index contributed by atoms with van der Waals surface area (Å²) in [5, 5.41) is 13.3. The molecule has 1 saturated heterocycles. The fourth-order valence-electron chi connectivity index (χ4n) is 5.33. The zero-order valence-corrected chi connectivity index (χ0v) is 21.8. The number of hydrogen-bond donors (Lipinski definition) is 2. The number of nitrogens with one attached hydrogen (secondary N) is 1. The van der Waals surface area contributed by atoms with Crippen LogP contribution >= 0.6 is 0 Å². The minimum absolute atomic E-state index is 0.00108. The van der Waals surface area contributed by atoms with E-state index in [-0.39, 0.29) is 17.5 Å². The second-order valence-electron chi connectivity index (χ2n) is 9.73. The molecule has 1 aromatic carbocycles. The molecule has 2 N–H and O–H groups in total. The molecule has 37 heavy (non-hydrogen) atoms. The number of benzene rings is 1. The Hall–Kier alpha value is -3.24. The average Bonchev–Trinajstić information content (AvgIpc) is 2.87. The fraction of sp³-hybridized carbons (Fsp3) is 0.481. The number of amides is 1. The van der Waals surface area contributed by atoms with Crippen molar-refractivity contribution in [3.05, 3.63) is 58.5 Å². The zero-order valence-electron chi connectivity index (χ0n) is 21.8. The number of carbonyl (C=O) groups excluding carboxylic acids is 1. The van der Waals surface area contributed by atoms with Crippen molar-refractivity contribution >= 4 is 22.8 Å². The number of piperidine rings is 1. The Balaban J connectivity index is 1.70. The van der Waals surface area contributed by atoms with E-state index >= 15 is 0 Å². The lowest BCUT2D eigenvalue weighted by molar-refractivity contribution is -0.140. The Morgan fingerprint density at radius 2 is 1.97 bits per heavy atom. The minimum Gasteiger partial charge on any atom is -0.387 e. The molecule has 1 fully saturated rings. The average molecular weight is 514 g/mol. The van der Waals surface area contributed by atoms with Crippen LogP contribution in [-0.4, -0.2) is 57.7 Å². The van der Waals surface area contributed by atoms with Crippen molar-refractivity contribution in [3.8, 4) is 0 Å². The van der Waals surface area contributed by atoms with Crippen LogP contribution in [0.2, 0.25) is 0 Å². The number of aliphatic hydroxyl groups excluding tert-OH is 1. The van der Waals surface area contributed by atoms with Gasteiger partial charge in [-0.05, 0) is 50.8 Å².